The number of halogens is 1. The summed E-state index contributed by atoms with van der Waals surface area (Å²) < 4.78 is 6.11. The molecule has 0 aromatic heterocycles. The maximum absolute atomic E-state index is 6.11. The molecule has 0 aliphatic carbocycles. The standard InChI is InChI=1S/C16H17BrO/c1-11-8-9-12(2)16(13(11)3)18-15-7-5-4-6-14(15)10-17/h4-9H,10H2,1-3H3. The van der Waals surface area contributed by atoms with Crippen LogP contribution in [0.3, 0.4) is 0 Å². The molecule has 0 N–H and O–H groups in total. The molecule has 2 rings (SSSR count). The van der Waals surface area contributed by atoms with Gasteiger partial charge < -0.3 is 4.74 Å². The molecule has 0 fully saturated rings. The average molecular weight is 305 g/mol. The van der Waals surface area contributed by atoms with E-state index < -0.39 is 0 Å². The average Bonchev–Trinajstić information content (AvgIpc) is 2.39. The second kappa shape index (κ2) is 5.57. The van der Waals surface area contributed by atoms with E-state index in [4.69, 9.17) is 4.74 Å². The number of hydrogen-bond acceptors (Lipinski definition) is 1. The van der Waals surface area contributed by atoms with Crippen LogP contribution in [-0.4, -0.2) is 0 Å². The lowest BCUT2D eigenvalue weighted by Crippen LogP contribution is -1.95. The molecule has 0 unspecified atom stereocenters. The predicted molar refractivity (Wildman–Crippen MR) is 79.8 cm³/mol. The van der Waals surface area contributed by atoms with Gasteiger partial charge >= 0.3 is 0 Å². The summed E-state index contributed by atoms with van der Waals surface area (Å²) in [5.41, 5.74) is 4.80. The Labute approximate surface area is 117 Å². The van der Waals surface area contributed by atoms with Crippen LogP contribution in [-0.2, 0) is 5.33 Å². The largest absolute Gasteiger partial charge is 0.456 e. The fourth-order valence-electron chi connectivity index (χ4n) is 1.91. The molecule has 0 saturated heterocycles. The van der Waals surface area contributed by atoms with Gasteiger partial charge in [0.1, 0.15) is 11.5 Å². The number of benzene rings is 2. The summed E-state index contributed by atoms with van der Waals surface area (Å²) in [5, 5.41) is 0.799. The van der Waals surface area contributed by atoms with E-state index in [0.29, 0.717) is 0 Å². The second-order valence-corrected chi connectivity index (χ2v) is 5.06. The molecule has 2 heteroatoms. The van der Waals surface area contributed by atoms with E-state index in [0.717, 1.165) is 22.4 Å². The highest BCUT2D eigenvalue weighted by molar-refractivity contribution is 9.08. The van der Waals surface area contributed by atoms with Crippen molar-refractivity contribution in [2.45, 2.75) is 26.1 Å². The van der Waals surface area contributed by atoms with Crippen LogP contribution in [0.1, 0.15) is 22.3 Å². The number of rotatable bonds is 3. The molecular formula is C16H17BrO. The molecule has 0 radical (unpaired) electrons. The van der Waals surface area contributed by atoms with Crippen molar-refractivity contribution in [3.05, 3.63) is 58.7 Å². The van der Waals surface area contributed by atoms with Crippen molar-refractivity contribution in [3.8, 4) is 11.5 Å². The van der Waals surface area contributed by atoms with Crippen LogP contribution in [0.25, 0.3) is 0 Å². The lowest BCUT2D eigenvalue weighted by atomic mass is 10.1. The fraction of sp³-hybridized carbons (Fsp3) is 0.250. The molecule has 1 nitrogen and oxygen atoms in total. The zero-order chi connectivity index (χ0) is 13.1. The molecule has 0 aliphatic heterocycles. The molecule has 2 aromatic carbocycles. The second-order valence-electron chi connectivity index (χ2n) is 4.50. The van der Waals surface area contributed by atoms with E-state index in [1.165, 1.54) is 16.7 Å². The molecule has 0 heterocycles. The maximum Gasteiger partial charge on any atom is 0.133 e. The number of aryl methyl sites for hydroxylation is 2. The first-order valence-corrected chi connectivity index (χ1v) is 7.14. The molecule has 2 aromatic rings. The zero-order valence-electron chi connectivity index (χ0n) is 11.0. The summed E-state index contributed by atoms with van der Waals surface area (Å²) in [5.74, 6) is 1.90. The van der Waals surface area contributed by atoms with Crippen molar-refractivity contribution in [1.82, 2.24) is 0 Å². The fourth-order valence-corrected chi connectivity index (χ4v) is 2.37. The SMILES string of the molecule is Cc1ccc(C)c(Oc2ccccc2CBr)c1C. The van der Waals surface area contributed by atoms with E-state index in [-0.39, 0.29) is 0 Å². The molecule has 0 bridgehead atoms. The molecular weight excluding hydrogens is 288 g/mol. The van der Waals surface area contributed by atoms with Crippen LogP contribution in [0, 0.1) is 20.8 Å². The van der Waals surface area contributed by atoms with Crippen LogP contribution in [0.15, 0.2) is 36.4 Å². The maximum atomic E-state index is 6.11. The van der Waals surface area contributed by atoms with Gasteiger partial charge in [-0.15, -0.1) is 0 Å². The monoisotopic (exact) mass is 304 g/mol. The molecule has 0 saturated carbocycles. The molecule has 0 spiro atoms. The van der Waals surface area contributed by atoms with Crippen molar-refractivity contribution in [1.29, 1.82) is 0 Å². The highest BCUT2D eigenvalue weighted by Crippen LogP contribution is 2.32. The molecule has 94 valence electrons. The first-order chi connectivity index (χ1) is 8.63. The molecule has 0 amide bonds. The summed E-state index contributed by atoms with van der Waals surface area (Å²) in [7, 11) is 0. The quantitative estimate of drug-likeness (QED) is 0.699. The molecule has 18 heavy (non-hydrogen) atoms. The molecule has 0 atom stereocenters. The van der Waals surface area contributed by atoms with Crippen molar-refractivity contribution in [3.63, 3.8) is 0 Å². The Morgan fingerprint density at radius 3 is 2.33 bits per heavy atom. The van der Waals surface area contributed by atoms with Gasteiger partial charge in [-0.2, -0.15) is 0 Å². The topological polar surface area (TPSA) is 9.23 Å². The van der Waals surface area contributed by atoms with Crippen LogP contribution >= 0.6 is 15.9 Å². The van der Waals surface area contributed by atoms with Gasteiger partial charge in [0, 0.05) is 10.9 Å². The summed E-state index contributed by atoms with van der Waals surface area (Å²) in [6, 6.07) is 12.4. The summed E-state index contributed by atoms with van der Waals surface area (Å²) >= 11 is 3.49. The third-order valence-corrected chi connectivity index (χ3v) is 3.81. The Kier molecular flexibility index (Phi) is 4.07. The van der Waals surface area contributed by atoms with E-state index in [1.807, 2.05) is 18.2 Å². The van der Waals surface area contributed by atoms with Gasteiger partial charge in [-0.3, -0.25) is 0 Å². The predicted octanol–water partition coefficient (Wildman–Crippen LogP) is 5.30. The van der Waals surface area contributed by atoms with E-state index in [9.17, 15) is 0 Å². The normalized spacial score (nSPS) is 10.4. The zero-order valence-corrected chi connectivity index (χ0v) is 12.5. The number of para-hydroxylation sites is 1. The summed E-state index contributed by atoms with van der Waals surface area (Å²) in [4.78, 5) is 0. The first kappa shape index (κ1) is 13.2. The Bertz CT molecular complexity index is 561. The van der Waals surface area contributed by atoms with Crippen molar-refractivity contribution < 1.29 is 4.74 Å². The van der Waals surface area contributed by atoms with Gasteiger partial charge in [0.05, 0.1) is 0 Å². The van der Waals surface area contributed by atoms with Crippen molar-refractivity contribution in [2.24, 2.45) is 0 Å². The van der Waals surface area contributed by atoms with Gasteiger partial charge in [-0.05, 0) is 43.5 Å². The minimum atomic E-state index is 0.799. The number of ether oxygens (including phenoxy) is 1. The minimum Gasteiger partial charge on any atom is -0.456 e. The Balaban J connectivity index is 2.43. The lowest BCUT2D eigenvalue weighted by molar-refractivity contribution is 0.470. The van der Waals surface area contributed by atoms with Crippen LogP contribution < -0.4 is 4.74 Å². The van der Waals surface area contributed by atoms with Crippen LogP contribution in [0.2, 0.25) is 0 Å². The number of alkyl halides is 1. The van der Waals surface area contributed by atoms with Gasteiger partial charge in [-0.25, -0.2) is 0 Å². The summed E-state index contributed by atoms with van der Waals surface area (Å²) in [6.45, 7) is 6.30. The van der Waals surface area contributed by atoms with Crippen LogP contribution in [0.5, 0.6) is 11.5 Å². The Morgan fingerprint density at radius 1 is 0.944 bits per heavy atom. The van der Waals surface area contributed by atoms with Gasteiger partial charge in [0.2, 0.25) is 0 Å². The van der Waals surface area contributed by atoms with E-state index in [1.54, 1.807) is 0 Å². The van der Waals surface area contributed by atoms with Gasteiger partial charge in [0.15, 0.2) is 0 Å². The third kappa shape index (κ3) is 2.59. The highest BCUT2D eigenvalue weighted by atomic mass is 79.9. The third-order valence-electron chi connectivity index (χ3n) is 3.20. The Morgan fingerprint density at radius 2 is 1.61 bits per heavy atom. The highest BCUT2D eigenvalue weighted by Gasteiger charge is 2.09. The van der Waals surface area contributed by atoms with E-state index >= 15 is 0 Å². The number of hydrogen-bond donors (Lipinski definition) is 0. The van der Waals surface area contributed by atoms with Gasteiger partial charge in [-0.1, -0.05) is 46.3 Å². The first-order valence-electron chi connectivity index (χ1n) is 6.02. The van der Waals surface area contributed by atoms with Crippen LogP contribution in [0.4, 0.5) is 0 Å². The molecule has 0 aliphatic rings. The Hall–Kier alpha value is -1.28. The van der Waals surface area contributed by atoms with E-state index in [2.05, 4.69) is 54.9 Å². The smallest absolute Gasteiger partial charge is 0.133 e. The lowest BCUT2D eigenvalue weighted by Gasteiger charge is -2.15. The van der Waals surface area contributed by atoms with Gasteiger partial charge in [0.25, 0.3) is 0 Å². The van der Waals surface area contributed by atoms with Crippen molar-refractivity contribution >= 4 is 15.9 Å². The summed E-state index contributed by atoms with van der Waals surface area (Å²) in [6.07, 6.45) is 0. The van der Waals surface area contributed by atoms with Crippen molar-refractivity contribution in [2.75, 3.05) is 0 Å². The minimum absolute atomic E-state index is 0.799.